The van der Waals surface area contributed by atoms with Gasteiger partial charge < -0.3 is 15.2 Å². The fourth-order valence-electron chi connectivity index (χ4n) is 1.56. The Morgan fingerprint density at radius 1 is 1.26 bits per heavy atom. The van der Waals surface area contributed by atoms with Gasteiger partial charge >= 0.3 is 0 Å². The third-order valence-electron chi connectivity index (χ3n) is 2.43. The van der Waals surface area contributed by atoms with Crippen LogP contribution >= 0.6 is 0 Å². The van der Waals surface area contributed by atoms with E-state index in [0.29, 0.717) is 24.5 Å². The van der Waals surface area contributed by atoms with Gasteiger partial charge in [0.05, 0.1) is 17.6 Å². The van der Waals surface area contributed by atoms with Crippen molar-refractivity contribution in [2.24, 2.45) is 5.14 Å². The molecule has 0 unspecified atom stereocenters. The largest absolute Gasteiger partial charge is 0.491 e. The van der Waals surface area contributed by atoms with Crippen LogP contribution in [-0.2, 0) is 14.8 Å². The molecule has 108 valence electrons. The number of nitrogen functional groups attached to an aromatic ring is 1. The highest BCUT2D eigenvalue weighted by atomic mass is 32.2. The van der Waals surface area contributed by atoms with Crippen molar-refractivity contribution < 1.29 is 17.9 Å². The highest BCUT2D eigenvalue weighted by Crippen LogP contribution is 2.27. The maximum absolute atomic E-state index is 11.4. The Morgan fingerprint density at radius 3 is 2.42 bits per heavy atom. The first-order valence-electron chi connectivity index (χ1n) is 5.89. The monoisotopic (exact) mass is 288 g/mol. The summed E-state index contributed by atoms with van der Waals surface area (Å²) in [6.07, 6.45) is 0.116. The summed E-state index contributed by atoms with van der Waals surface area (Å²) in [4.78, 5) is -0.0210. The molecule has 0 aliphatic heterocycles. The predicted molar refractivity (Wildman–Crippen MR) is 73.5 cm³/mol. The van der Waals surface area contributed by atoms with E-state index >= 15 is 0 Å². The minimum atomic E-state index is -3.81. The molecule has 7 heteroatoms. The van der Waals surface area contributed by atoms with Gasteiger partial charge in [-0.05, 0) is 26.8 Å². The van der Waals surface area contributed by atoms with E-state index < -0.39 is 10.0 Å². The van der Waals surface area contributed by atoms with Crippen LogP contribution < -0.4 is 15.6 Å². The Hall–Kier alpha value is -1.31. The van der Waals surface area contributed by atoms with Crippen LogP contribution in [0.25, 0.3) is 0 Å². The van der Waals surface area contributed by atoms with Gasteiger partial charge in [0.1, 0.15) is 12.4 Å². The summed E-state index contributed by atoms with van der Waals surface area (Å²) in [5, 5.41) is 5.13. The van der Waals surface area contributed by atoms with Crippen LogP contribution in [0.1, 0.15) is 19.4 Å². The van der Waals surface area contributed by atoms with E-state index in [-0.39, 0.29) is 16.7 Å². The molecular formula is C12H20N2O4S. The van der Waals surface area contributed by atoms with E-state index in [1.165, 1.54) is 6.07 Å². The zero-order valence-corrected chi connectivity index (χ0v) is 12.2. The molecular weight excluding hydrogens is 268 g/mol. The number of hydrogen-bond donors (Lipinski definition) is 2. The fraction of sp³-hybridized carbons (Fsp3) is 0.500. The summed E-state index contributed by atoms with van der Waals surface area (Å²) in [5.41, 5.74) is 6.38. The Labute approximate surface area is 113 Å². The zero-order chi connectivity index (χ0) is 14.6. The molecule has 0 radical (unpaired) electrons. The smallest absolute Gasteiger partial charge is 0.238 e. The Balaban J connectivity index is 2.87. The average molecular weight is 288 g/mol. The molecule has 1 aromatic rings. The summed E-state index contributed by atoms with van der Waals surface area (Å²) >= 11 is 0. The predicted octanol–water partition coefficient (Wildman–Crippen LogP) is 1.03. The fourth-order valence-corrected chi connectivity index (χ4v) is 2.39. The van der Waals surface area contributed by atoms with E-state index in [1.807, 2.05) is 13.8 Å². The number of hydrogen-bond acceptors (Lipinski definition) is 5. The van der Waals surface area contributed by atoms with Crippen molar-refractivity contribution in [2.75, 3.05) is 18.9 Å². The summed E-state index contributed by atoms with van der Waals surface area (Å²) in [5.74, 6) is 0.399. The van der Waals surface area contributed by atoms with Crippen LogP contribution in [0.5, 0.6) is 5.75 Å². The lowest BCUT2D eigenvalue weighted by atomic mass is 10.2. The van der Waals surface area contributed by atoms with E-state index in [0.717, 1.165) is 0 Å². The van der Waals surface area contributed by atoms with Crippen LogP contribution in [-0.4, -0.2) is 27.7 Å². The van der Waals surface area contributed by atoms with Gasteiger partial charge in [0, 0.05) is 17.3 Å². The van der Waals surface area contributed by atoms with Gasteiger partial charge in [-0.1, -0.05) is 0 Å². The Morgan fingerprint density at radius 2 is 1.89 bits per heavy atom. The van der Waals surface area contributed by atoms with Gasteiger partial charge in [0.2, 0.25) is 10.0 Å². The summed E-state index contributed by atoms with van der Waals surface area (Å²) in [6, 6.07) is 2.89. The first kappa shape index (κ1) is 15.7. The van der Waals surface area contributed by atoms with Crippen LogP contribution in [0, 0.1) is 6.92 Å². The lowest BCUT2D eigenvalue weighted by Gasteiger charge is -2.14. The molecule has 1 aromatic carbocycles. The number of rotatable bonds is 6. The first-order valence-corrected chi connectivity index (χ1v) is 7.43. The van der Waals surface area contributed by atoms with Gasteiger partial charge in [-0.3, -0.25) is 0 Å². The van der Waals surface area contributed by atoms with Gasteiger partial charge in [-0.15, -0.1) is 0 Å². The van der Waals surface area contributed by atoms with E-state index in [4.69, 9.17) is 20.3 Å². The summed E-state index contributed by atoms with van der Waals surface area (Å²) in [7, 11) is -3.81. The van der Waals surface area contributed by atoms with E-state index in [1.54, 1.807) is 13.0 Å². The number of anilines is 1. The number of nitrogens with two attached hydrogens (primary N) is 2. The standard InChI is InChI=1S/C12H20N2O4S/c1-8(2)17-4-5-18-11-6-10(13)7-12(9(11)3)19(14,15)16/h6-8H,4-5,13H2,1-3H3,(H2,14,15,16). The Kier molecular flexibility index (Phi) is 5.16. The van der Waals surface area contributed by atoms with Crippen molar-refractivity contribution in [3.8, 4) is 5.75 Å². The molecule has 4 N–H and O–H groups in total. The molecule has 0 heterocycles. The molecule has 1 rings (SSSR count). The second-order valence-electron chi connectivity index (χ2n) is 4.46. The van der Waals surface area contributed by atoms with Crippen molar-refractivity contribution in [1.29, 1.82) is 0 Å². The zero-order valence-electron chi connectivity index (χ0n) is 11.3. The highest BCUT2D eigenvalue weighted by molar-refractivity contribution is 7.89. The lowest BCUT2D eigenvalue weighted by molar-refractivity contribution is 0.0551. The number of benzene rings is 1. The quantitative estimate of drug-likeness (QED) is 0.601. The molecule has 19 heavy (non-hydrogen) atoms. The van der Waals surface area contributed by atoms with Gasteiger partial charge in [-0.25, -0.2) is 13.6 Å². The highest BCUT2D eigenvalue weighted by Gasteiger charge is 2.16. The molecule has 0 saturated carbocycles. The molecule has 0 fully saturated rings. The molecule has 0 aromatic heterocycles. The normalized spacial score (nSPS) is 11.8. The van der Waals surface area contributed by atoms with Gasteiger partial charge in [-0.2, -0.15) is 0 Å². The maximum Gasteiger partial charge on any atom is 0.238 e. The van der Waals surface area contributed by atoms with Crippen molar-refractivity contribution in [2.45, 2.75) is 31.8 Å². The van der Waals surface area contributed by atoms with Gasteiger partial charge in [0.25, 0.3) is 0 Å². The topological polar surface area (TPSA) is 105 Å². The van der Waals surface area contributed by atoms with Crippen molar-refractivity contribution in [3.63, 3.8) is 0 Å². The molecule has 0 spiro atoms. The third-order valence-corrected chi connectivity index (χ3v) is 3.47. The van der Waals surface area contributed by atoms with Crippen molar-refractivity contribution >= 4 is 15.7 Å². The van der Waals surface area contributed by atoms with E-state index in [9.17, 15) is 8.42 Å². The number of primary sulfonamides is 1. The van der Waals surface area contributed by atoms with Crippen LogP contribution in [0.2, 0.25) is 0 Å². The SMILES string of the molecule is Cc1c(OCCOC(C)C)cc(N)cc1S(N)(=O)=O. The molecule has 0 aliphatic rings. The summed E-state index contributed by atoms with van der Waals surface area (Å²) in [6.45, 7) is 6.19. The number of sulfonamides is 1. The second-order valence-corrected chi connectivity index (χ2v) is 5.99. The Bertz CT molecular complexity index is 541. The second kappa shape index (κ2) is 6.23. The van der Waals surface area contributed by atoms with Crippen LogP contribution in [0.15, 0.2) is 17.0 Å². The lowest BCUT2D eigenvalue weighted by Crippen LogP contribution is -2.16. The molecule has 0 aliphatic carbocycles. The minimum absolute atomic E-state index is 0.0210. The molecule has 0 amide bonds. The van der Waals surface area contributed by atoms with Crippen LogP contribution in [0.4, 0.5) is 5.69 Å². The molecule has 0 atom stereocenters. The van der Waals surface area contributed by atoms with Gasteiger partial charge in [0.15, 0.2) is 0 Å². The third kappa shape index (κ3) is 4.70. The first-order chi connectivity index (χ1) is 8.71. The number of ether oxygens (including phenoxy) is 2. The molecule has 6 nitrogen and oxygen atoms in total. The molecule has 0 saturated heterocycles. The maximum atomic E-state index is 11.4. The summed E-state index contributed by atoms with van der Waals surface area (Å²) < 4.78 is 33.6. The molecule has 0 bridgehead atoms. The van der Waals surface area contributed by atoms with Crippen molar-refractivity contribution in [1.82, 2.24) is 0 Å². The van der Waals surface area contributed by atoms with Crippen molar-refractivity contribution in [3.05, 3.63) is 17.7 Å². The minimum Gasteiger partial charge on any atom is -0.491 e. The van der Waals surface area contributed by atoms with E-state index in [2.05, 4.69) is 0 Å². The average Bonchev–Trinajstić information content (AvgIpc) is 2.26. The van der Waals surface area contributed by atoms with Crippen LogP contribution in [0.3, 0.4) is 0 Å².